The molecule has 0 radical (unpaired) electrons. The maximum Gasteiger partial charge on any atom is 0.417 e. The summed E-state index contributed by atoms with van der Waals surface area (Å²) in [6, 6.07) is 8.00. The van der Waals surface area contributed by atoms with Gasteiger partial charge in [0.15, 0.2) is 0 Å². The van der Waals surface area contributed by atoms with E-state index in [1.807, 2.05) is 13.8 Å². The molecule has 3 amide bonds. The van der Waals surface area contributed by atoms with Crippen LogP contribution in [-0.2, 0) is 11.0 Å². The molecule has 2 aromatic rings. The molecular weight excluding hydrogens is 421 g/mol. The first-order valence-corrected chi connectivity index (χ1v) is 9.53. The zero-order valence-electron chi connectivity index (χ0n) is 16.1. The summed E-state index contributed by atoms with van der Waals surface area (Å²) in [6.45, 7) is 3.62. The normalized spacial score (nSPS) is 14.8. The van der Waals surface area contributed by atoms with Gasteiger partial charge in [0.05, 0.1) is 21.7 Å². The number of rotatable bonds is 5. The second kappa shape index (κ2) is 8.10. The van der Waals surface area contributed by atoms with E-state index in [1.165, 1.54) is 18.2 Å². The summed E-state index contributed by atoms with van der Waals surface area (Å²) < 4.78 is 39.3. The standard InChI is InChI=1S/C21H18ClF3N2O3/c1-11(2)9-17(27-19(29)13-5-3-4-6-14(13)20(27)30)18(28)26-12-7-8-16(22)15(10-12)21(23,24)25/h3-8,10-11,17H,9H2,1-2H3,(H,26,28). The van der Waals surface area contributed by atoms with Gasteiger partial charge < -0.3 is 5.32 Å². The fraction of sp³-hybridized carbons (Fsp3) is 0.286. The van der Waals surface area contributed by atoms with Gasteiger partial charge in [0.25, 0.3) is 11.8 Å². The molecule has 0 aliphatic carbocycles. The lowest BCUT2D eigenvalue weighted by Gasteiger charge is -2.27. The first kappa shape index (κ1) is 21.8. The van der Waals surface area contributed by atoms with Crippen molar-refractivity contribution in [2.75, 3.05) is 5.32 Å². The largest absolute Gasteiger partial charge is 0.417 e. The predicted octanol–water partition coefficient (Wildman–Crippen LogP) is 5.01. The van der Waals surface area contributed by atoms with Crippen LogP contribution in [0.15, 0.2) is 42.5 Å². The molecule has 0 saturated heterocycles. The predicted molar refractivity (Wildman–Crippen MR) is 105 cm³/mol. The number of halogens is 4. The summed E-state index contributed by atoms with van der Waals surface area (Å²) in [6.07, 6.45) is -4.55. The van der Waals surface area contributed by atoms with Crippen LogP contribution in [0.2, 0.25) is 5.02 Å². The van der Waals surface area contributed by atoms with E-state index in [2.05, 4.69) is 5.32 Å². The average Bonchev–Trinajstić information content (AvgIpc) is 2.91. The smallest absolute Gasteiger partial charge is 0.324 e. The SMILES string of the molecule is CC(C)CC(C(=O)Nc1ccc(Cl)c(C(F)(F)F)c1)N1C(=O)c2ccccc2C1=O. The fourth-order valence-corrected chi connectivity index (χ4v) is 3.54. The number of alkyl halides is 3. The zero-order valence-corrected chi connectivity index (χ0v) is 16.8. The summed E-state index contributed by atoms with van der Waals surface area (Å²) >= 11 is 5.61. The number of nitrogens with zero attached hydrogens (tertiary/aromatic N) is 1. The Bertz CT molecular complexity index is 986. The lowest BCUT2D eigenvalue weighted by Crippen LogP contribution is -2.48. The number of carbonyl (C=O) groups is 3. The third-order valence-corrected chi connectivity index (χ3v) is 5.00. The Balaban J connectivity index is 1.92. The highest BCUT2D eigenvalue weighted by Crippen LogP contribution is 2.36. The van der Waals surface area contributed by atoms with Gasteiger partial charge in [0.1, 0.15) is 6.04 Å². The molecule has 0 bridgehead atoms. The molecule has 0 fully saturated rings. The van der Waals surface area contributed by atoms with Gasteiger partial charge in [-0.3, -0.25) is 19.3 Å². The van der Waals surface area contributed by atoms with E-state index in [4.69, 9.17) is 11.6 Å². The molecular formula is C21H18ClF3N2O3. The minimum absolute atomic E-state index is 0.0685. The third kappa shape index (κ3) is 4.18. The van der Waals surface area contributed by atoms with Crippen molar-refractivity contribution in [2.45, 2.75) is 32.5 Å². The number of carbonyl (C=O) groups excluding carboxylic acids is 3. The molecule has 1 aliphatic heterocycles. The van der Waals surface area contributed by atoms with Crippen LogP contribution >= 0.6 is 11.6 Å². The van der Waals surface area contributed by atoms with Gasteiger partial charge in [-0.15, -0.1) is 0 Å². The summed E-state index contributed by atoms with van der Waals surface area (Å²) in [4.78, 5) is 39.4. The summed E-state index contributed by atoms with van der Waals surface area (Å²) in [5.74, 6) is -2.04. The van der Waals surface area contributed by atoms with E-state index in [0.717, 1.165) is 17.0 Å². The number of imide groups is 1. The highest BCUT2D eigenvalue weighted by Gasteiger charge is 2.43. The molecule has 2 aromatic carbocycles. The number of benzene rings is 2. The van der Waals surface area contributed by atoms with E-state index in [0.29, 0.717) is 0 Å². The van der Waals surface area contributed by atoms with Gasteiger partial charge in [0.2, 0.25) is 5.91 Å². The van der Waals surface area contributed by atoms with Crippen LogP contribution in [0.5, 0.6) is 0 Å². The molecule has 0 saturated carbocycles. The average molecular weight is 439 g/mol. The number of hydrogen-bond acceptors (Lipinski definition) is 3. The molecule has 0 spiro atoms. The van der Waals surface area contributed by atoms with Crippen molar-refractivity contribution in [1.82, 2.24) is 4.90 Å². The van der Waals surface area contributed by atoms with Crippen LogP contribution in [0, 0.1) is 5.92 Å². The molecule has 0 aromatic heterocycles. The van der Waals surface area contributed by atoms with Crippen molar-refractivity contribution in [3.05, 3.63) is 64.2 Å². The third-order valence-electron chi connectivity index (χ3n) is 4.67. The van der Waals surface area contributed by atoms with E-state index >= 15 is 0 Å². The maximum atomic E-state index is 13.1. The molecule has 1 aliphatic rings. The van der Waals surface area contributed by atoms with E-state index in [1.54, 1.807) is 12.1 Å². The Morgan fingerprint density at radius 2 is 1.63 bits per heavy atom. The Labute approximate surface area is 175 Å². The van der Waals surface area contributed by atoms with E-state index in [9.17, 15) is 27.6 Å². The van der Waals surface area contributed by atoms with Crippen molar-refractivity contribution >= 4 is 35.0 Å². The van der Waals surface area contributed by atoms with Gasteiger partial charge in [-0.05, 0) is 42.7 Å². The minimum atomic E-state index is -4.70. The van der Waals surface area contributed by atoms with Crippen molar-refractivity contribution in [2.24, 2.45) is 5.92 Å². The monoisotopic (exact) mass is 438 g/mol. The fourth-order valence-electron chi connectivity index (χ4n) is 3.31. The van der Waals surface area contributed by atoms with Crippen LogP contribution in [0.25, 0.3) is 0 Å². The maximum absolute atomic E-state index is 13.1. The number of anilines is 1. The Morgan fingerprint density at radius 3 is 2.13 bits per heavy atom. The second-order valence-electron chi connectivity index (χ2n) is 7.35. The second-order valence-corrected chi connectivity index (χ2v) is 7.76. The molecule has 5 nitrogen and oxygen atoms in total. The Kier molecular flexibility index (Phi) is 5.90. The van der Waals surface area contributed by atoms with Gasteiger partial charge >= 0.3 is 6.18 Å². The summed E-state index contributed by atoms with van der Waals surface area (Å²) in [7, 11) is 0. The van der Waals surface area contributed by atoms with Crippen LogP contribution in [-0.4, -0.2) is 28.7 Å². The van der Waals surface area contributed by atoms with Gasteiger partial charge in [-0.2, -0.15) is 13.2 Å². The molecule has 1 atom stereocenters. The van der Waals surface area contributed by atoms with E-state index < -0.39 is 40.5 Å². The highest BCUT2D eigenvalue weighted by atomic mass is 35.5. The van der Waals surface area contributed by atoms with Crippen LogP contribution in [0.1, 0.15) is 46.5 Å². The lowest BCUT2D eigenvalue weighted by atomic mass is 10.0. The van der Waals surface area contributed by atoms with Crippen LogP contribution in [0.4, 0.5) is 18.9 Å². The summed E-state index contributed by atoms with van der Waals surface area (Å²) in [5.41, 5.74) is -0.852. The van der Waals surface area contributed by atoms with Crippen molar-refractivity contribution in [3.63, 3.8) is 0 Å². The molecule has 3 rings (SSSR count). The van der Waals surface area contributed by atoms with Crippen molar-refractivity contribution < 1.29 is 27.6 Å². The van der Waals surface area contributed by atoms with E-state index in [-0.39, 0.29) is 29.2 Å². The van der Waals surface area contributed by atoms with Gasteiger partial charge in [-0.1, -0.05) is 37.6 Å². The van der Waals surface area contributed by atoms with Crippen molar-refractivity contribution in [1.29, 1.82) is 0 Å². The van der Waals surface area contributed by atoms with Crippen molar-refractivity contribution in [3.8, 4) is 0 Å². The topological polar surface area (TPSA) is 66.5 Å². The van der Waals surface area contributed by atoms with Gasteiger partial charge in [0, 0.05) is 5.69 Å². The van der Waals surface area contributed by atoms with Gasteiger partial charge in [-0.25, -0.2) is 0 Å². The summed E-state index contributed by atoms with van der Waals surface area (Å²) in [5, 5.41) is 1.89. The molecule has 9 heteroatoms. The minimum Gasteiger partial charge on any atom is -0.324 e. The Morgan fingerprint density at radius 1 is 1.07 bits per heavy atom. The highest BCUT2D eigenvalue weighted by molar-refractivity contribution is 6.31. The molecule has 1 heterocycles. The first-order valence-electron chi connectivity index (χ1n) is 9.15. The number of amides is 3. The first-order chi connectivity index (χ1) is 14.0. The van der Waals surface area contributed by atoms with Crippen LogP contribution < -0.4 is 5.32 Å². The molecule has 30 heavy (non-hydrogen) atoms. The Hall–Kier alpha value is -2.87. The molecule has 1 unspecified atom stereocenters. The van der Waals surface area contributed by atoms with Crippen LogP contribution in [0.3, 0.4) is 0 Å². The zero-order chi connectivity index (χ0) is 22.2. The number of hydrogen-bond donors (Lipinski definition) is 1. The molecule has 158 valence electrons. The number of nitrogens with one attached hydrogen (secondary N) is 1. The quantitative estimate of drug-likeness (QED) is 0.667. The molecule has 1 N–H and O–H groups in total. The lowest BCUT2D eigenvalue weighted by molar-refractivity contribution is -0.137. The number of fused-ring (bicyclic) bond motifs is 1.